The van der Waals surface area contributed by atoms with Gasteiger partial charge < -0.3 is 19.4 Å². The summed E-state index contributed by atoms with van der Waals surface area (Å²) in [5.41, 5.74) is 1.55. The summed E-state index contributed by atoms with van der Waals surface area (Å²) in [7, 11) is 3.37. The molecule has 1 fully saturated rings. The van der Waals surface area contributed by atoms with E-state index in [1.165, 1.54) is 4.90 Å². The number of anilines is 1. The Kier molecular flexibility index (Phi) is 7.20. The molecule has 32 heavy (non-hydrogen) atoms. The largest absolute Gasteiger partial charge is 0.444 e. The van der Waals surface area contributed by atoms with Crippen molar-refractivity contribution < 1.29 is 14.3 Å². The maximum absolute atomic E-state index is 12.3. The van der Waals surface area contributed by atoms with Gasteiger partial charge in [0.2, 0.25) is 0 Å². The molecular weight excluding hydrogens is 451 g/mol. The summed E-state index contributed by atoms with van der Waals surface area (Å²) >= 11 is 12.9. The number of benzene rings is 1. The molecule has 7 nitrogen and oxygen atoms in total. The van der Waals surface area contributed by atoms with Gasteiger partial charge in [0.25, 0.3) is 5.91 Å². The molecule has 1 aliphatic rings. The van der Waals surface area contributed by atoms with E-state index in [1.54, 1.807) is 37.3 Å². The molecular formula is C23H28Cl2N4O3. The number of ether oxygens (including phenoxy) is 1. The van der Waals surface area contributed by atoms with Gasteiger partial charge in [-0.05, 0) is 44.5 Å². The Hall–Kier alpha value is -2.51. The van der Waals surface area contributed by atoms with Crippen molar-refractivity contribution in [1.82, 2.24) is 14.8 Å². The smallest absolute Gasteiger partial charge is 0.410 e. The molecule has 0 unspecified atom stereocenters. The second-order valence-corrected chi connectivity index (χ2v) is 9.69. The normalized spacial score (nSPS) is 14.3. The van der Waals surface area contributed by atoms with Crippen LogP contribution in [0.1, 0.15) is 31.1 Å². The lowest BCUT2D eigenvalue weighted by Gasteiger charge is -2.36. The topological polar surface area (TPSA) is 66.0 Å². The monoisotopic (exact) mass is 478 g/mol. The Labute approximate surface area is 198 Å². The van der Waals surface area contributed by atoms with Gasteiger partial charge in [-0.25, -0.2) is 9.78 Å². The minimum absolute atomic E-state index is 0.154. The number of hydrogen-bond acceptors (Lipinski definition) is 5. The maximum Gasteiger partial charge on any atom is 0.410 e. The number of carbonyl (C=O) groups is 2. The Morgan fingerprint density at radius 2 is 1.62 bits per heavy atom. The van der Waals surface area contributed by atoms with Crippen LogP contribution in [0, 0.1) is 0 Å². The zero-order valence-electron chi connectivity index (χ0n) is 19.0. The van der Waals surface area contributed by atoms with Gasteiger partial charge in [-0.2, -0.15) is 0 Å². The van der Waals surface area contributed by atoms with Crippen LogP contribution in [0.2, 0.25) is 10.0 Å². The zero-order valence-corrected chi connectivity index (χ0v) is 20.5. The molecule has 0 N–H and O–H groups in total. The first kappa shape index (κ1) is 24.1. The Morgan fingerprint density at radius 1 is 1.00 bits per heavy atom. The molecule has 9 heteroatoms. The second-order valence-electron chi connectivity index (χ2n) is 8.88. The van der Waals surface area contributed by atoms with Crippen LogP contribution in [0.25, 0.3) is 11.1 Å². The minimum Gasteiger partial charge on any atom is -0.444 e. The molecule has 1 aromatic heterocycles. The number of rotatable bonds is 3. The Bertz CT molecular complexity index is 1010. The molecule has 0 saturated carbocycles. The molecule has 1 aromatic carbocycles. The molecule has 2 amide bonds. The first-order valence-electron chi connectivity index (χ1n) is 10.4. The highest BCUT2D eigenvalue weighted by Crippen LogP contribution is 2.32. The fourth-order valence-corrected chi connectivity index (χ4v) is 3.90. The van der Waals surface area contributed by atoms with E-state index in [0.29, 0.717) is 47.6 Å². The summed E-state index contributed by atoms with van der Waals surface area (Å²) in [6.45, 7) is 7.85. The van der Waals surface area contributed by atoms with Crippen molar-refractivity contribution in [3.8, 4) is 11.1 Å². The number of nitrogens with zero attached hydrogens (tertiary/aromatic N) is 4. The highest BCUT2D eigenvalue weighted by Gasteiger charge is 2.27. The number of piperazine rings is 1. The minimum atomic E-state index is -0.518. The fraction of sp³-hybridized carbons (Fsp3) is 0.435. The molecule has 0 aliphatic carbocycles. The third kappa shape index (κ3) is 5.64. The van der Waals surface area contributed by atoms with Gasteiger partial charge in [-0.15, -0.1) is 0 Å². The Balaban J connectivity index is 1.71. The van der Waals surface area contributed by atoms with Crippen LogP contribution in [0.15, 0.2) is 30.5 Å². The summed E-state index contributed by atoms with van der Waals surface area (Å²) in [5, 5.41) is 0.887. The van der Waals surface area contributed by atoms with E-state index < -0.39 is 5.60 Å². The molecule has 0 bridgehead atoms. The van der Waals surface area contributed by atoms with Crippen LogP contribution in [0.3, 0.4) is 0 Å². The molecule has 0 atom stereocenters. The highest BCUT2D eigenvalue weighted by molar-refractivity contribution is 6.34. The average molecular weight is 479 g/mol. The van der Waals surface area contributed by atoms with Crippen LogP contribution in [-0.2, 0) is 4.74 Å². The lowest BCUT2D eigenvalue weighted by molar-refractivity contribution is 0.0240. The van der Waals surface area contributed by atoms with Crippen LogP contribution < -0.4 is 4.90 Å². The summed E-state index contributed by atoms with van der Waals surface area (Å²) in [6.07, 6.45) is 1.43. The van der Waals surface area contributed by atoms with Crippen LogP contribution in [0.4, 0.5) is 10.6 Å². The van der Waals surface area contributed by atoms with Crippen LogP contribution >= 0.6 is 23.2 Å². The highest BCUT2D eigenvalue weighted by atomic mass is 35.5. The SMILES string of the molecule is CN(C)C(=O)c1ccc(-c2cnc(N3CCN(C(=O)OC(C)(C)C)CC3)c(Cl)c2)cc1Cl. The number of carbonyl (C=O) groups excluding carboxylic acids is 2. The Morgan fingerprint density at radius 3 is 2.16 bits per heavy atom. The van der Waals surface area contributed by atoms with Gasteiger partial charge in [0.1, 0.15) is 11.4 Å². The van der Waals surface area contributed by atoms with Crippen molar-refractivity contribution in [3.63, 3.8) is 0 Å². The van der Waals surface area contributed by atoms with Gasteiger partial charge in [0.15, 0.2) is 0 Å². The van der Waals surface area contributed by atoms with E-state index in [-0.39, 0.29) is 12.0 Å². The van der Waals surface area contributed by atoms with Gasteiger partial charge in [0.05, 0.1) is 15.6 Å². The summed E-state index contributed by atoms with van der Waals surface area (Å²) in [6, 6.07) is 7.11. The van der Waals surface area contributed by atoms with Crippen molar-refractivity contribution in [2.24, 2.45) is 0 Å². The maximum atomic E-state index is 12.3. The predicted octanol–water partition coefficient (Wildman–Crippen LogP) is 4.81. The summed E-state index contributed by atoms with van der Waals surface area (Å²) < 4.78 is 5.44. The predicted molar refractivity (Wildman–Crippen MR) is 128 cm³/mol. The summed E-state index contributed by atoms with van der Waals surface area (Å²) in [5.74, 6) is 0.517. The molecule has 2 heterocycles. The van der Waals surface area contributed by atoms with Gasteiger partial charge in [-0.1, -0.05) is 29.3 Å². The van der Waals surface area contributed by atoms with Gasteiger partial charge in [0, 0.05) is 52.0 Å². The number of pyridine rings is 1. The lowest BCUT2D eigenvalue weighted by Crippen LogP contribution is -2.50. The first-order chi connectivity index (χ1) is 15.0. The third-order valence-electron chi connectivity index (χ3n) is 4.99. The van der Waals surface area contributed by atoms with Crippen molar-refractivity contribution >= 4 is 41.0 Å². The molecule has 0 spiro atoms. The van der Waals surface area contributed by atoms with Crippen LogP contribution in [-0.4, -0.2) is 72.7 Å². The standard InChI is InChI=1S/C23H28Cl2N4O3/c1-23(2,3)32-22(31)29-10-8-28(9-11-29)20-19(25)13-16(14-26-20)15-6-7-17(18(24)12-15)21(30)27(4)5/h6-7,12-14H,8-11H2,1-5H3. The van der Waals surface area contributed by atoms with Gasteiger partial charge in [-0.3, -0.25) is 4.79 Å². The van der Waals surface area contributed by atoms with Crippen molar-refractivity contribution in [2.75, 3.05) is 45.2 Å². The number of halogens is 2. The molecule has 1 aliphatic heterocycles. The van der Waals surface area contributed by atoms with Crippen molar-refractivity contribution in [1.29, 1.82) is 0 Å². The summed E-state index contributed by atoms with van der Waals surface area (Å²) in [4.78, 5) is 34.3. The zero-order chi connectivity index (χ0) is 23.6. The van der Waals surface area contributed by atoms with E-state index in [9.17, 15) is 9.59 Å². The average Bonchev–Trinajstić information content (AvgIpc) is 2.72. The van der Waals surface area contributed by atoms with Crippen LogP contribution in [0.5, 0.6) is 0 Å². The molecule has 0 radical (unpaired) electrons. The quantitative estimate of drug-likeness (QED) is 0.632. The van der Waals surface area contributed by atoms with Gasteiger partial charge >= 0.3 is 6.09 Å². The molecule has 172 valence electrons. The third-order valence-corrected chi connectivity index (χ3v) is 5.58. The number of aromatic nitrogens is 1. The fourth-order valence-electron chi connectivity index (χ4n) is 3.36. The molecule has 2 aromatic rings. The first-order valence-corrected chi connectivity index (χ1v) is 11.1. The second kappa shape index (κ2) is 9.55. The lowest BCUT2D eigenvalue weighted by atomic mass is 10.0. The molecule has 1 saturated heterocycles. The van der Waals surface area contributed by atoms with E-state index in [4.69, 9.17) is 27.9 Å². The van der Waals surface area contributed by atoms with E-state index in [1.807, 2.05) is 32.9 Å². The number of amides is 2. The van der Waals surface area contributed by atoms with Crippen molar-refractivity contribution in [2.45, 2.75) is 26.4 Å². The molecule has 3 rings (SSSR count). The van der Waals surface area contributed by atoms with Crippen molar-refractivity contribution in [3.05, 3.63) is 46.1 Å². The number of hydrogen-bond donors (Lipinski definition) is 0. The van der Waals surface area contributed by atoms with E-state index in [0.717, 1.165) is 11.1 Å². The van der Waals surface area contributed by atoms with E-state index in [2.05, 4.69) is 9.88 Å². The van der Waals surface area contributed by atoms with E-state index >= 15 is 0 Å².